The Kier molecular flexibility index (Phi) is 8.34. The third-order valence-corrected chi connectivity index (χ3v) is 8.32. The van der Waals surface area contributed by atoms with E-state index in [0.717, 1.165) is 41.6 Å². The van der Waals surface area contributed by atoms with Crippen molar-refractivity contribution in [2.75, 3.05) is 23.7 Å². The third-order valence-electron chi connectivity index (χ3n) is 8.32. The van der Waals surface area contributed by atoms with Gasteiger partial charge in [0, 0.05) is 41.8 Å². The second-order valence-electron chi connectivity index (χ2n) is 12.9. The van der Waals surface area contributed by atoms with Gasteiger partial charge in [0.2, 0.25) is 0 Å². The zero-order valence-electron chi connectivity index (χ0n) is 26.2. The monoisotopic (exact) mass is 601 g/mol. The Balaban J connectivity index is 1.03. The SMILES string of the molecule is Cc1ccc(-n2nc(C(C)(C)C)cc2NC(=O)Nc2ccc(CC3CCN(C(=O)c4ccc5cccnc5n4)CC3)cc2)cc1. The molecule has 0 radical (unpaired) electrons. The van der Waals surface area contributed by atoms with E-state index in [9.17, 15) is 9.59 Å². The van der Waals surface area contributed by atoms with E-state index in [1.807, 2.05) is 72.5 Å². The van der Waals surface area contributed by atoms with Gasteiger partial charge in [0.15, 0.2) is 5.65 Å². The second-order valence-corrected chi connectivity index (χ2v) is 12.9. The standard InChI is InChI=1S/C36H39N7O2/c1-24-7-14-29(15-8-24)43-32(23-31(41-43)36(2,3)4)40-35(45)38-28-12-9-25(10-13-28)22-26-17-20-42(21-18-26)34(44)30-16-11-27-6-5-19-37-33(27)39-30/h5-16,19,23,26H,17-18,20-22H2,1-4H3,(H2,38,40,45). The highest BCUT2D eigenvalue weighted by Crippen LogP contribution is 2.27. The van der Waals surface area contributed by atoms with Crippen LogP contribution in [0.5, 0.6) is 0 Å². The lowest BCUT2D eigenvalue weighted by molar-refractivity contribution is 0.0685. The Bertz CT molecular complexity index is 1810. The molecule has 2 N–H and O–H groups in total. The van der Waals surface area contributed by atoms with Crippen LogP contribution in [0, 0.1) is 12.8 Å². The first-order valence-electron chi connectivity index (χ1n) is 15.5. The topological polar surface area (TPSA) is 105 Å². The van der Waals surface area contributed by atoms with E-state index in [0.29, 0.717) is 41.9 Å². The fourth-order valence-corrected chi connectivity index (χ4v) is 5.63. The lowest BCUT2D eigenvalue weighted by Crippen LogP contribution is -2.39. The molecule has 3 amide bonds. The minimum Gasteiger partial charge on any atom is -0.337 e. The number of rotatable bonds is 6. The van der Waals surface area contributed by atoms with Crippen LogP contribution in [0.25, 0.3) is 16.7 Å². The number of fused-ring (bicyclic) bond motifs is 1. The van der Waals surface area contributed by atoms with Gasteiger partial charge in [0.25, 0.3) is 5.91 Å². The molecule has 2 aromatic carbocycles. The molecule has 0 aliphatic carbocycles. The number of aromatic nitrogens is 4. The molecule has 0 atom stereocenters. The molecule has 45 heavy (non-hydrogen) atoms. The summed E-state index contributed by atoms with van der Waals surface area (Å²) in [5.41, 5.74) is 5.72. The van der Waals surface area contributed by atoms with Crippen molar-refractivity contribution >= 4 is 34.5 Å². The first-order chi connectivity index (χ1) is 21.6. The highest BCUT2D eigenvalue weighted by Gasteiger charge is 2.25. The molecule has 9 nitrogen and oxygen atoms in total. The van der Waals surface area contributed by atoms with Gasteiger partial charge >= 0.3 is 6.03 Å². The molecule has 230 valence electrons. The number of benzene rings is 2. The molecule has 3 aromatic heterocycles. The van der Waals surface area contributed by atoms with Gasteiger partial charge in [-0.1, -0.05) is 50.6 Å². The predicted octanol–water partition coefficient (Wildman–Crippen LogP) is 7.16. The minimum atomic E-state index is -0.329. The molecule has 1 saturated heterocycles. The maximum Gasteiger partial charge on any atom is 0.324 e. The smallest absolute Gasteiger partial charge is 0.324 e. The van der Waals surface area contributed by atoms with Gasteiger partial charge in [-0.15, -0.1) is 0 Å². The zero-order valence-corrected chi connectivity index (χ0v) is 26.2. The van der Waals surface area contributed by atoms with Crippen LogP contribution in [-0.2, 0) is 11.8 Å². The number of carbonyl (C=O) groups is 2. The number of hydrogen-bond donors (Lipinski definition) is 2. The van der Waals surface area contributed by atoms with E-state index in [2.05, 4.69) is 53.5 Å². The van der Waals surface area contributed by atoms with Gasteiger partial charge in [-0.25, -0.2) is 19.4 Å². The molecular formula is C36H39N7O2. The Hall–Kier alpha value is -5.05. The average molecular weight is 602 g/mol. The van der Waals surface area contributed by atoms with E-state index in [4.69, 9.17) is 5.10 Å². The summed E-state index contributed by atoms with van der Waals surface area (Å²) in [4.78, 5) is 36.8. The summed E-state index contributed by atoms with van der Waals surface area (Å²) in [5, 5.41) is 11.7. The molecule has 0 saturated carbocycles. The van der Waals surface area contributed by atoms with Gasteiger partial charge in [-0.2, -0.15) is 5.10 Å². The van der Waals surface area contributed by atoms with Crippen molar-refractivity contribution in [3.05, 3.63) is 108 Å². The summed E-state index contributed by atoms with van der Waals surface area (Å²) in [5.74, 6) is 1.06. The van der Waals surface area contributed by atoms with E-state index >= 15 is 0 Å². The van der Waals surface area contributed by atoms with Crippen LogP contribution in [0.3, 0.4) is 0 Å². The predicted molar refractivity (Wildman–Crippen MR) is 178 cm³/mol. The number of piperidine rings is 1. The molecule has 4 heterocycles. The molecule has 0 unspecified atom stereocenters. The molecular weight excluding hydrogens is 562 g/mol. The van der Waals surface area contributed by atoms with Gasteiger partial charge < -0.3 is 10.2 Å². The first kappa shape index (κ1) is 30.0. The van der Waals surface area contributed by atoms with Crippen molar-refractivity contribution in [1.82, 2.24) is 24.6 Å². The Labute approximate surface area is 263 Å². The first-order valence-corrected chi connectivity index (χ1v) is 15.5. The number of nitrogens with one attached hydrogen (secondary N) is 2. The van der Waals surface area contributed by atoms with Crippen LogP contribution < -0.4 is 10.6 Å². The van der Waals surface area contributed by atoms with Crippen molar-refractivity contribution in [2.45, 2.75) is 52.4 Å². The van der Waals surface area contributed by atoms with Crippen molar-refractivity contribution in [1.29, 1.82) is 0 Å². The highest BCUT2D eigenvalue weighted by molar-refractivity contribution is 5.99. The average Bonchev–Trinajstić information content (AvgIpc) is 3.46. The van der Waals surface area contributed by atoms with E-state index in [1.54, 1.807) is 16.9 Å². The van der Waals surface area contributed by atoms with Crippen LogP contribution in [0.4, 0.5) is 16.3 Å². The van der Waals surface area contributed by atoms with Crippen molar-refractivity contribution in [3.63, 3.8) is 0 Å². The van der Waals surface area contributed by atoms with Crippen LogP contribution in [-0.4, -0.2) is 49.7 Å². The molecule has 1 fully saturated rings. The van der Waals surface area contributed by atoms with E-state index in [1.165, 1.54) is 5.56 Å². The number of amides is 3. The maximum atomic E-state index is 13.1. The number of urea groups is 1. The van der Waals surface area contributed by atoms with Gasteiger partial charge in [0.1, 0.15) is 11.5 Å². The fraction of sp³-hybridized carbons (Fsp3) is 0.306. The highest BCUT2D eigenvalue weighted by atomic mass is 16.2. The summed E-state index contributed by atoms with van der Waals surface area (Å²) >= 11 is 0. The largest absolute Gasteiger partial charge is 0.337 e. The number of likely N-dealkylation sites (tertiary alicyclic amines) is 1. The lowest BCUT2D eigenvalue weighted by Gasteiger charge is -2.32. The second kappa shape index (κ2) is 12.5. The number of nitrogens with zero attached hydrogens (tertiary/aromatic N) is 5. The lowest BCUT2D eigenvalue weighted by atomic mass is 9.90. The Morgan fingerprint density at radius 2 is 1.64 bits per heavy atom. The Morgan fingerprint density at radius 1 is 0.911 bits per heavy atom. The third kappa shape index (κ3) is 7.03. The molecule has 1 aliphatic heterocycles. The molecule has 5 aromatic rings. The molecule has 6 rings (SSSR count). The summed E-state index contributed by atoms with van der Waals surface area (Å²) in [6.07, 6.45) is 4.49. The van der Waals surface area contributed by atoms with Crippen LogP contribution in [0.15, 0.2) is 85.1 Å². The van der Waals surface area contributed by atoms with Crippen LogP contribution >= 0.6 is 0 Å². The summed E-state index contributed by atoms with van der Waals surface area (Å²) in [6, 6.07) is 25.2. The summed E-state index contributed by atoms with van der Waals surface area (Å²) in [6.45, 7) is 9.77. The van der Waals surface area contributed by atoms with Gasteiger partial charge in [-0.3, -0.25) is 10.1 Å². The normalized spacial score (nSPS) is 14.0. The Morgan fingerprint density at radius 3 is 2.36 bits per heavy atom. The van der Waals surface area contributed by atoms with Crippen LogP contribution in [0.1, 0.15) is 60.9 Å². The van der Waals surface area contributed by atoms with Crippen LogP contribution in [0.2, 0.25) is 0 Å². The number of hydrogen-bond acceptors (Lipinski definition) is 5. The number of pyridine rings is 2. The molecule has 0 bridgehead atoms. The molecule has 0 spiro atoms. The van der Waals surface area contributed by atoms with E-state index < -0.39 is 0 Å². The number of anilines is 2. The van der Waals surface area contributed by atoms with Crippen molar-refractivity contribution in [3.8, 4) is 5.69 Å². The number of carbonyl (C=O) groups excluding carboxylic acids is 2. The summed E-state index contributed by atoms with van der Waals surface area (Å²) in [7, 11) is 0. The summed E-state index contributed by atoms with van der Waals surface area (Å²) < 4.78 is 1.77. The van der Waals surface area contributed by atoms with Gasteiger partial charge in [-0.05, 0) is 86.2 Å². The van der Waals surface area contributed by atoms with Gasteiger partial charge in [0.05, 0.1) is 11.4 Å². The quantitative estimate of drug-likeness (QED) is 0.215. The maximum absolute atomic E-state index is 13.1. The molecule has 9 heteroatoms. The van der Waals surface area contributed by atoms with E-state index in [-0.39, 0.29) is 17.4 Å². The van der Waals surface area contributed by atoms with Crippen molar-refractivity contribution < 1.29 is 9.59 Å². The zero-order chi connectivity index (χ0) is 31.6. The fourth-order valence-electron chi connectivity index (χ4n) is 5.63. The number of aryl methyl sites for hydroxylation is 1. The minimum absolute atomic E-state index is 0.0359. The molecule has 1 aliphatic rings. The van der Waals surface area contributed by atoms with Crippen molar-refractivity contribution in [2.24, 2.45) is 5.92 Å².